The lowest BCUT2D eigenvalue weighted by Gasteiger charge is -2.11. The molecule has 0 saturated heterocycles. The van der Waals surface area contributed by atoms with Crippen LogP contribution in [0.25, 0.3) is 0 Å². The van der Waals surface area contributed by atoms with Gasteiger partial charge in [-0.15, -0.1) is 0 Å². The maximum Gasteiger partial charge on any atom is 0.279 e. The van der Waals surface area contributed by atoms with Gasteiger partial charge in [0.1, 0.15) is 0 Å². The average Bonchev–Trinajstić information content (AvgIpc) is 2.70. The molecule has 7 heteroatoms. The van der Waals surface area contributed by atoms with E-state index in [1.165, 1.54) is 0 Å². The summed E-state index contributed by atoms with van der Waals surface area (Å²) in [6, 6.07) is 16.4. The van der Waals surface area contributed by atoms with Crippen molar-refractivity contribution >= 4 is 34.8 Å². The molecule has 0 bridgehead atoms. The van der Waals surface area contributed by atoms with E-state index in [1.807, 2.05) is 30.3 Å². The van der Waals surface area contributed by atoms with Crippen LogP contribution in [-0.4, -0.2) is 24.3 Å². The van der Waals surface area contributed by atoms with E-state index in [0.717, 1.165) is 18.5 Å². The Morgan fingerprint density at radius 3 is 1.71 bits per heavy atom. The van der Waals surface area contributed by atoms with Crippen LogP contribution in [0.1, 0.15) is 32.1 Å². The normalized spacial score (nSPS) is 10.2. The fourth-order valence-electron chi connectivity index (χ4n) is 2.62. The molecule has 0 atom stereocenters. The van der Waals surface area contributed by atoms with Gasteiger partial charge in [0.15, 0.2) is 6.54 Å². The van der Waals surface area contributed by atoms with Crippen molar-refractivity contribution in [3.63, 3.8) is 0 Å². The fourth-order valence-corrected chi connectivity index (χ4v) is 2.62. The number of rotatable bonds is 10. The Bertz CT molecular complexity index is 793. The van der Waals surface area contributed by atoms with Crippen molar-refractivity contribution in [3.8, 4) is 0 Å². The van der Waals surface area contributed by atoms with Gasteiger partial charge in [0.05, 0.1) is 11.4 Å². The van der Waals surface area contributed by atoms with Crippen molar-refractivity contribution < 1.29 is 20.1 Å². The van der Waals surface area contributed by atoms with E-state index in [4.69, 9.17) is 0 Å². The third-order valence-electron chi connectivity index (χ3n) is 4.07. The Kier molecular flexibility index (Phi) is 8.68. The van der Waals surface area contributed by atoms with Crippen molar-refractivity contribution in [2.75, 3.05) is 22.5 Å². The summed E-state index contributed by atoms with van der Waals surface area (Å²) in [6.45, 7) is 0.125. The minimum atomic E-state index is -0.213. The van der Waals surface area contributed by atoms with Gasteiger partial charge >= 0.3 is 0 Å². The molecular formula is C21H27N4O3+. The van der Waals surface area contributed by atoms with Crippen LogP contribution in [0.15, 0.2) is 54.6 Å². The second-order valence-corrected chi connectivity index (χ2v) is 6.37. The maximum atomic E-state index is 12.1. The highest BCUT2D eigenvalue weighted by Crippen LogP contribution is 2.21. The van der Waals surface area contributed by atoms with Crippen LogP contribution in [0.4, 0.5) is 17.1 Å². The average molecular weight is 383 g/mol. The molecule has 148 valence electrons. The van der Waals surface area contributed by atoms with Crippen molar-refractivity contribution in [3.05, 3.63) is 54.6 Å². The standard InChI is InChI=1S/C21H26N4O3/c22-15-21(28)25-18-12-8-7-11-17(18)24-20(27)14-6-2-5-13-19(26)23-16-9-3-1-4-10-16/h1,3-4,7-12H,2,5-6,13-15,22H2,(H,23,26)(H,24,27)(H,25,28)/p+1. The summed E-state index contributed by atoms with van der Waals surface area (Å²) >= 11 is 0. The third kappa shape index (κ3) is 7.59. The largest absolute Gasteiger partial charge is 0.350 e. The number of nitrogens with one attached hydrogen (secondary N) is 3. The summed E-state index contributed by atoms with van der Waals surface area (Å²) in [5, 5.41) is 8.38. The SMILES string of the molecule is [NH3+]CC(=O)Nc1ccccc1NC(=O)CCCCCC(=O)Nc1ccccc1. The first-order chi connectivity index (χ1) is 13.6. The molecule has 2 aromatic rings. The molecule has 0 saturated carbocycles. The molecule has 0 fully saturated rings. The molecule has 2 aromatic carbocycles. The number of benzene rings is 2. The molecule has 0 spiro atoms. The molecule has 0 unspecified atom stereocenters. The van der Waals surface area contributed by atoms with Crippen LogP contribution in [0.5, 0.6) is 0 Å². The summed E-state index contributed by atoms with van der Waals surface area (Å²) in [4.78, 5) is 35.5. The summed E-state index contributed by atoms with van der Waals surface area (Å²) < 4.78 is 0. The zero-order chi connectivity index (χ0) is 20.2. The second kappa shape index (κ2) is 11.5. The molecule has 2 rings (SSSR count). The molecule has 0 aliphatic rings. The number of quaternary nitrogens is 1. The predicted octanol–water partition coefficient (Wildman–Crippen LogP) is 2.39. The van der Waals surface area contributed by atoms with E-state index >= 15 is 0 Å². The number of hydrogen-bond donors (Lipinski definition) is 4. The number of carbonyl (C=O) groups excluding carboxylic acids is 3. The Hall–Kier alpha value is -3.19. The lowest BCUT2D eigenvalue weighted by molar-refractivity contribution is -0.353. The molecule has 0 aromatic heterocycles. The molecule has 3 amide bonds. The third-order valence-corrected chi connectivity index (χ3v) is 4.07. The summed E-state index contributed by atoms with van der Waals surface area (Å²) in [7, 11) is 0. The molecule has 6 N–H and O–H groups in total. The van der Waals surface area contributed by atoms with E-state index in [-0.39, 0.29) is 24.3 Å². The highest BCUT2D eigenvalue weighted by atomic mass is 16.2. The van der Waals surface area contributed by atoms with Crippen LogP contribution < -0.4 is 21.7 Å². The van der Waals surface area contributed by atoms with Crippen molar-refractivity contribution in [2.24, 2.45) is 0 Å². The van der Waals surface area contributed by atoms with E-state index in [9.17, 15) is 14.4 Å². The highest BCUT2D eigenvalue weighted by Gasteiger charge is 2.09. The molecule has 0 aliphatic heterocycles. The summed E-state index contributed by atoms with van der Waals surface area (Å²) in [5.41, 5.74) is 5.45. The van der Waals surface area contributed by atoms with E-state index in [1.54, 1.807) is 24.3 Å². The Labute approximate surface area is 164 Å². The summed E-state index contributed by atoms with van der Waals surface area (Å²) in [6.07, 6.45) is 2.99. The van der Waals surface area contributed by atoms with Gasteiger partial charge < -0.3 is 21.7 Å². The number of carbonyl (C=O) groups is 3. The molecule has 7 nitrogen and oxygen atoms in total. The molecular weight excluding hydrogens is 356 g/mol. The van der Waals surface area contributed by atoms with Crippen LogP contribution in [-0.2, 0) is 14.4 Å². The topological polar surface area (TPSA) is 115 Å². The van der Waals surface area contributed by atoms with E-state index in [0.29, 0.717) is 30.6 Å². The maximum absolute atomic E-state index is 12.1. The van der Waals surface area contributed by atoms with Gasteiger partial charge in [-0.25, -0.2) is 0 Å². The summed E-state index contributed by atoms with van der Waals surface area (Å²) in [5.74, 6) is -0.355. The van der Waals surface area contributed by atoms with Crippen molar-refractivity contribution in [1.29, 1.82) is 0 Å². The minimum absolute atomic E-state index is 0.0225. The number of para-hydroxylation sites is 3. The zero-order valence-corrected chi connectivity index (χ0v) is 15.9. The number of amides is 3. The quantitative estimate of drug-likeness (QED) is 0.472. The zero-order valence-electron chi connectivity index (χ0n) is 15.9. The first-order valence-electron chi connectivity index (χ1n) is 9.41. The van der Waals surface area contributed by atoms with Crippen molar-refractivity contribution in [2.45, 2.75) is 32.1 Å². The highest BCUT2D eigenvalue weighted by molar-refractivity contribution is 5.99. The van der Waals surface area contributed by atoms with E-state index < -0.39 is 0 Å². The van der Waals surface area contributed by atoms with Crippen LogP contribution in [0.2, 0.25) is 0 Å². The molecule has 28 heavy (non-hydrogen) atoms. The van der Waals surface area contributed by atoms with Gasteiger partial charge in [-0.2, -0.15) is 0 Å². The first-order valence-corrected chi connectivity index (χ1v) is 9.41. The molecule has 0 radical (unpaired) electrons. The number of hydrogen-bond acceptors (Lipinski definition) is 3. The first kappa shape index (κ1) is 21.1. The Morgan fingerprint density at radius 1 is 0.643 bits per heavy atom. The van der Waals surface area contributed by atoms with E-state index in [2.05, 4.69) is 21.7 Å². The van der Waals surface area contributed by atoms with Gasteiger partial charge in [0.25, 0.3) is 5.91 Å². The predicted molar refractivity (Wildman–Crippen MR) is 110 cm³/mol. The van der Waals surface area contributed by atoms with Gasteiger partial charge in [-0.05, 0) is 37.1 Å². The fraction of sp³-hybridized carbons (Fsp3) is 0.286. The van der Waals surface area contributed by atoms with Gasteiger partial charge in [-0.1, -0.05) is 36.8 Å². The Morgan fingerprint density at radius 2 is 1.14 bits per heavy atom. The van der Waals surface area contributed by atoms with Crippen molar-refractivity contribution in [1.82, 2.24) is 0 Å². The smallest absolute Gasteiger partial charge is 0.279 e. The van der Waals surface area contributed by atoms with Gasteiger partial charge in [-0.3, -0.25) is 14.4 Å². The monoisotopic (exact) mass is 383 g/mol. The van der Waals surface area contributed by atoms with Crippen LogP contribution in [0.3, 0.4) is 0 Å². The van der Waals surface area contributed by atoms with Crippen LogP contribution >= 0.6 is 0 Å². The lowest BCUT2D eigenvalue weighted by Crippen LogP contribution is -2.55. The molecule has 0 aliphatic carbocycles. The van der Waals surface area contributed by atoms with Gasteiger partial charge in [0.2, 0.25) is 11.8 Å². The van der Waals surface area contributed by atoms with Gasteiger partial charge in [0, 0.05) is 18.5 Å². The van der Waals surface area contributed by atoms with Crippen LogP contribution in [0, 0.1) is 0 Å². The lowest BCUT2D eigenvalue weighted by atomic mass is 10.1. The number of anilines is 3. The minimum Gasteiger partial charge on any atom is -0.350 e. The second-order valence-electron chi connectivity index (χ2n) is 6.37. The molecule has 0 heterocycles. The Balaban J connectivity index is 1.66. The number of unbranched alkanes of at least 4 members (excludes halogenated alkanes) is 2.